The number of Topliss-reactive ketones (excluding diaryl/α,β-unsaturated/α-hetero) is 1. The lowest BCUT2D eigenvalue weighted by atomic mass is 9.90. The van der Waals surface area contributed by atoms with Gasteiger partial charge in [-0.2, -0.15) is 4.98 Å². The molecular weight excluding hydrogens is 571 g/mol. The first-order chi connectivity index (χ1) is 19.7. The third-order valence-corrected chi connectivity index (χ3v) is 8.48. The Labute approximate surface area is 248 Å². The highest BCUT2D eigenvalue weighted by atomic mass is 35.5. The Kier molecular flexibility index (Phi) is 10.7. The van der Waals surface area contributed by atoms with Crippen LogP contribution in [-0.2, 0) is 30.2 Å². The summed E-state index contributed by atoms with van der Waals surface area (Å²) >= 11 is 7.78. The molecule has 222 valence electrons. The number of esters is 1. The van der Waals surface area contributed by atoms with Crippen LogP contribution in [-0.4, -0.2) is 68.1 Å². The summed E-state index contributed by atoms with van der Waals surface area (Å²) in [7, 11) is 0. The lowest BCUT2D eigenvalue weighted by Gasteiger charge is -2.31. The molecule has 1 aliphatic rings. The lowest BCUT2D eigenvalue weighted by molar-refractivity contribution is -0.182. The van der Waals surface area contributed by atoms with Crippen LogP contribution in [0.25, 0.3) is 11.2 Å². The Morgan fingerprint density at radius 3 is 2.63 bits per heavy atom. The highest BCUT2D eigenvalue weighted by Gasteiger charge is 2.50. The minimum atomic E-state index is -1.89. The van der Waals surface area contributed by atoms with Crippen LogP contribution in [0.4, 0.5) is 4.39 Å². The van der Waals surface area contributed by atoms with Crippen LogP contribution in [0.3, 0.4) is 0 Å². The molecule has 12 heteroatoms. The monoisotopic (exact) mass is 606 g/mol. The summed E-state index contributed by atoms with van der Waals surface area (Å²) in [5, 5.41) is 0.679. The second kappa shape index (κ2) is 14.0. The van der Waals surface area contributed by atoms with Crippen molar-refractivity contribution in [3.63, 3.8) is 0 Å². The van der Waals surface area contributed by atoms with E-state index >= 15 is 4.39 Å². The van der Waals surface area contributed by atoms with E-state index in [1.165, 1.54) is 17.8 Å². The van der Waals surface area contributed by atoms with Crippen LogP contribution in [0.5, 0.6) is 0 Å². The summed E-state index contributed by atoms with van der Waals surface area (Å²) in [4.78, 5) is 39.2. The van der Waals surface area contributed by atoms with Crippen LogP contribution in [0, 0.1) is 5.92 Å². The van der Waals surface area contributed by atoms with Gasteiger partial charge in [-0.3, -0.25) is 9.36 Å². The summed E-state index contributed by atoms with van der Waals surface area (Å²) in [5.41, 5.74) is -0.267. The predicted molar refractivity (Wildman–Crippen MR) is 155 cm³/mol. The molecule has 1 aliphatic heterocycles. The molecule has 5 atom stereocenters. The molecule has 0 aliphatic carbocycles. The zero-order chi connectivity index (χ0) is 29.6. The number of halogens is 2. The molecule has 9 nitrogen and oxygen atoms in total. The van der Waals surface area contributed by atoms with Crippen molar-refractivity contribution in [3.8, 4) is 0 Å². The van der Waals surface area contributed by atoms with E-state index in [1.807, 2.05) is 18.2 Å². The summed E-state index contributed by atoms with van der Waals surface area (Å²) in [6, 6.07) is 9.07. The molecule has 1 saturated heterocycles. The van der Waals surface area contributed by atoms with E-state index in [9.17, 15) is 9.59 Å². The molecule has 41 heavy (non-hydrogen) atoms. The number of alkyl halides is 1. The molecule has 0 radical (unpaired) electrons. The second-order valence-corrected chi connectivity index (χ2v) is 11.5. The van der Waals surface area contributed by atoms with E-state index in [4.69, 9.17) is 25.8 Å². The first-order valence-corrected chi connectivity index (χ1v) is 15.3. The SMILES string of the molecule is CCCCCSc1nc(Cl)nc2c1ncn2[C@@H]1O[C@H](COC(Cc2ccccc2)(C(C)=O)C(=O)OCC)[C@@H](C)[C@@H]1F. The van der Waals surface area contributed by atoms with Gasteiger partial charge in [0.1, 0.15) is 10.5 Å². The zero-order valence-electron chi connectivity index (χ0n) is 23.7. The van der Waals surface area contributed by atoms with Gasteiger partial charge in [-0.15, -0.1) is 11.8 Å². The average molecular weight is 607 g/mol. The molecule has 1 aromatic carbocycles. The van der Waals surface area contributed by atoms with Crippen molar-refractivity contribution in [2.75, 3.05) is 19.0 Å². The maximum absolute atomic E-state index is 15.7. The highest BCUT2D eigenvalue weighted by Crippen LogP contribution is 2.39. The quantitative estimate of drug-likeness (QED) is 0.0563. The Morgan fingerprint density at radius 2 is 1.95 bits per heavy atom. The van der Waals surface area contributed by atoms with Gasteiger partial charge in [0, 0.05) is 12.3 Å². The van der Waals surface area contributed by atoms with E-state index in [0.717, 1.165) is 30.6 Å². The molecule has 0 spiro atoms. The number of unbranched alkanes of at least 4 members (excludes halogenated alkanes) is 2. The maximum atomic E-state index is 15.7. The minimum Gasteiger partial charge on any atom is -0.463 e. The van der Waals surface area contributed by atoms with Crippen molar-refractivity contribution in [2.45, 2.75) is 82.5 Å². The standard InChI is InChI=1S/C29H36ClFN4O5S/c1-5-7-11-14-41-25-23-24(33-28(30)34-25)35(17-32-23)26-22(31)18(3)21(40-26)16-39-29(19(4)36,27(37)38-6-2)15-20-12-9-8-10-13-20/h8-10,12-13,17-18,21-22,26H,5-7,11,14-16H2,1-4H3/t18-,21-,22+,26-,29?/m1/s1. The molecule has 3 aromatic rings. The van der Waals surface area contributed by atoms with Gasteiger partial charge < -0.3 is 14.2 Å². The van der Waals surface area contributed by atoms with Gasteiger partial charge >= 0.3 is 5.97 Å². The van der Waals surface area contributed by atoms with Gasteiger partial charge in [-0.25, -0.2) is 19.2 Å². The maximum Gasteiger partial charge on any atom is 0.346 e. The molecule has 0 amide bonds. The van der Waals surface area contributed by atoms with Crippen molar-refractivity contribution in [1.82, 2.24) is 19.5 Å². The first-order valence-electron chi connectivity index (χ1n) is 13.9. The van der Waals surface area contributed by atoms with Crippen LogP contribution in [0.15, 0.2) is 41.7 Å². The smallest absolute Gasteiger partial charge is 0.346 e. The van der Waals surface area contributed by atoms with E-state index in [2.05, 4.69) is 21.9 Å². The normalized spacial score (nSPS) is 22.1. The largest absolute Gasteiger partial charge is 0.463 e. The topological polar surface area (TPSA) is 105 Å². The summed E-state index contributed by atoms with van der Waals surface area (Å²) in [6.45, 7) is 6.66. The molecular formula is C29H36ClFN4O5S. The van der Waals surface area contributed by atoms with E-state index < -0.39 is 41.8 Å². The third-order valence-electron chi connectivity index (χ3n) is 7.26. The summed E-state index contributed by atoms with van der Waals surface area (Å²) in [6.07, 6.45) is 1.43. The van der Waals surface area contributed by atoms with Crippen molar-refractivity contribution in [3.05, 3.63) is 47.5 Å². The number of nitrogens with zero attached hydrogens (tertiary/aromatic N) is 4. The fraction of sp³-hybridized carbons (Fsp3) is 0.552. The fourth-order valence-corrected chi connectivity index (χ4v) is 6.02. The number of rotatable bonds is 14. The van der Waals surface area contributed by atoms with E-state index in [-0.39, 0.29) is 24.9 Å². The lowest BCUT2D eigenvalue weighted by Crippen LogP contribution is -2.52. The molecule has 0 bridgehead atoms. The number of fused-ring (bicyclic) bond motifs is 1. The Morgan fingerprint density at radius 1 is 1.20 bits per heavy atom. The van der Waals surface area contributed by atoms with Crippen molar-refractivity contribution in [1.29, 1.82) is 0 Å². The van der Waals surface area contributed by atoms with E-state index in [1.54, 1.807) is 37.7 Å². The Balaban J connectivity index is 1.56. The highest BCUT2D eigenvalue weighted by molar-refractivity contribution is 7.99. The number of ether oxygens (including phenoxy) is 3. The van der Waals surface area contributed by atoms with Crippen LogP contribution in [0.1, 0.15) is 58.7 Å². The van der Waals surface area contributed by atoms with E-state index in [0.29, 0.717) is 16.2 Å². The average Bonchev–Trinajstić information content (AvgIpc) is 3.49. The summed E-state index contributed by atoms with van der Waals surface area (Å²) in [5.74, 6) is -1.06. The van der Waals surface area contributed by atoms with Gasteiger partial charge in [0.05, 0.1) is 25.6 Å². The summed E-state index contributed by atoms with van der Waals surface area (Å²) < 4.78 is 34.7. The van der Waals surface area contributed by atoms with Crippen LogP contribution < -0.4 is 0 Å². The van der Waals surface area contributed by atoms with Crippen molar-refractivity contribution >= 4 is 46.3 Å². The number of imidazole rings is 1. The number of aromatic nitrogens is 4. The van der Waals surface area contributed by atoms with Crippen molar-refractivity contribution < 1.29 is 28.2 Å². The molecule has 3 heterocycles. The number of hydrogen-bond donors (Lipinski definition) is 0. The zero-order valence-corrected chi connectivity index (χ0v) is 25.3. The van der Waals surface area contributed by atoms with Gasteiger partial charge in [0.2, 0.25) is 10.9 Å². The number of thioether (sulfide) groups is 1. The molecule has 0 saturated carbocycles. The Hall–Kier alpha value is -2.60. The number of hydrogen-bond acceptors (Lipinski definition) is 9. The minimum absolute atomic E-state index is 0.0220. The van der Waals surface area contributed by atoms with Gasteiger partial charge in [0.15, 0.2) is 23.8 Å². The number of benzene rings is 1. The first kappa shape index (κ1) is 31.3. The molecule has 2 aromatic heterocycles. The van der Waals surface area contributed by atoms with Gasteiger partial charge in [0.25, 0.3) is 0 Å². The fourth-order valence-electron chi connectivity index (χ4n) is 4.83. The second-order valence-electron chi connectivity index (χ2n) is 10.1. The number of ketones is 1. The van der Waals surface area contributed by atoms with Crippen molar-refractivity contribution in [2.24, 2.45) is 5.92 Å². The molecule has 1 fully saturated rings. The molecule has 0 N–H and O–H groups in total. The van der Waals surface area contributed by atoms with Gasteiger partial charge in [-0.1, -0.05) is 57.0 Å². The number of carbonyl (C=O) groups excluding carboxylic acids is 2. The molecule has 1 unspecified atom stereocenters. The van der Waals surface area contributed by atoms with Crippen LogP contribution in [0.2, 0.25) is 5.28 Å². The third kappa shape index (κ3) is 6.90. The molecule has 4 rings (SSSR count). The van der Waals surface area contributed by atoms with Gasteiger partial charge in [-0.05, 0) is 43.2 Å². The Bertz CT molecular complexity index is 1350. The predicted octanol–water partition coefficient (Wildman–Crippen LogP) is 5.78. The number of carbonyl (C=O) groups is 2. The van der Waals surface area contributed by atoms with Crippen LogP contribution >= 0.6 is 23.4 Å².